The zero-order chi connectivity index (χ0) is 24.1. The second-order valence-corrected chi connectivity index (χ2v) is 8.44. The van der Waals surface area contributed by atoms with Crippen molar-refractivity contribution >= 4 is 17.5 Å². The number of hydrogen-bond acceptors (Lipinski definition) is 5. The van der Waals surface area contributed by atoms with Crippen molar-refractivity contribution in [2.24, 2.45) is 5.73 Å². The van der Waals surface area contributed by atoms with E-state index in [0.29, 0.717) is 42.6 Å². The number of rotatable bonds is 6. The van der Waals surface area contributed by atoms with Gasteiger partial charge in [-0.3, -0.25) is 9.59 Å². The third-order valence-corrected chi connectivity index (χ3v) is 6.25. The zero-order valence-corrected chi connectivity index (χ0v) is 19.2. The normalized spacial score (nSPS) is 14.0. The second-order valence-electron chi connectivity index (χ2n) is 8.44. The van der Waals surface area contributed by atoms with E-state index < -0.39 is 0 Å². The first-order valence-electron chi connectivity index (χ1n) is 11.3. The lowest BCUT2D eigenvalue weighted by Gasteiger charge is -2.32. The molecular formula is C27H29N3O4. The van der Waals surface area contributed by atoms with Crippen LogP contribution in [0.3, 0.4) is 0 Å². The molecule has 0 aliphatic carbocycles. The fourth-order valence-corrected chi connectivity index (χ4v) is 4.34. The molecule has 0 atom stereocenters. The van der Waals surface area contributed by atoms with Gasteiger partial charge in [0.2, 0.25) is 0 Å². The highest BCUT2D eigenvalue weighted by Crippen LogP contribution is 2.30. The van der Waals surface area contributed by atoms with Crippen LogP contribution in [0.5, 0.6) is 11.5 Å². The van der Waals surface area contributed by atoms with Gasteiger partial charge in [-0.2, -0.15) is 0 Å². The second kappa shape index (κ2) is 10.4. The smallest absolute Gasteiger partial charge is 0.255 e. The number of nitrogens with zero attached hydrogens (tertiary/aromatic N) is 1. The quantitative estimate of drug-likeness (QED) is 0.514. The molecule has 4 N–H and O–H groups in total. The predicted molar refractivity (Wildman–Crippen MR) is 131 cm³/mol. The monoisotopic (exact) mass is 459 g/mol. The Hall–Kier alpha value is -3.84. The fourth-order valence-electron chi connectivity index (χ4n) is 4.34. The summed E-state index contributed by atoms with van der Waals surface area (Å²) in [5.41, 5.74) is 9.51. The van der Waals surface area contributed by atoms with Crippen molar-refractivity contribution in [3.63, 3.8) is 0 Å². The molecule has 7 heteroatoms. The van der Waals surface area contributed by atoms with E-state index in [9.17, 15) is 14.7 Å². The molecule has 1 heterocycles. The van der Waals surface area contributed by atoms with E-state index in [4.69, 9.17) is 10.5 Å². The fraction of sp³-hybridized carbons (Fsp3) is 0.259. The van der Waals surface area contributed by atoms with Crippen molar-refractivity contribution < 1.29 is 19.4 Å². The lowest BCUT2D eigenvalue weighted by Crippen LogP contribution is -2.38. The van der Waals surface area contributed by atoms with Crippen LogP contribution in [0.4, 0.5) is 5.69 Å². The Balaban J connectivity index is 1.39. The molecule has 1 saturated heterocycles. The minimum Gasteiger partial charge on any atom is -0.504 e. The number of aromatic hydroxyl groups is 1. The number of piperidine rings is 1. The van der Waals surface area contributed by atoms with E-state index in [-0.39, 0.29) is 23.1 Å². The van der Waals surface area contributed by atoms with E-state index in [1.54, 1.807) is 30.3 Å². The van der Waals surface area contributed by atoms with E-state index in [2.05, 4.69) is 17.4 Å². The third-order valence-electron chi connectivity index (χ3n) is 6.25. The van der Waals surface area contributed by atoms with Crippen LogP contribution in [0.1, 0.15) is 50.6 Å². The Morgan fingerprint density at radius 2 is 1.79 bits per heavy atom. The van der Waals surface area contributed by atoms with Gasteiger partial charge in [-0.1, -0.05) is 30.3 Å². The molecule has 1 fully saturated rings. The van der Waals surface area contributed by atoms with E-state index in [0.717, 1.165) is 18.4 Å². The van der Waals surface area contributed by atoms with Crippen LogP contribution < -0.4 is 15.8 Å². The van der Waals surface area contributed by atoms with Gasteiger partial charge < -0.3 is 25.8 Å². The summed E-state index contributed by atoms with van der Waals surface area (Å²) >= 11 is 0. The number of methoxy groups -OCH3 is 1. The third kappa shape index (κ3) is 5.21. The van der Waals surface area contributed by atoms with Gasteiger partial charge in [0, 0.05) is 36.4 Å². The highest BCUT2D eigenvalue weighted by molar-refractivity contribution is 6.05. The average molecular weight is 460 g/mol. The Kier molecular flexibility index (Phi) is 7.13. The number of likely N-dealkylation sites (tertiary alicyclic amines) is 1. The van der Waals surface area contributed by atoms with Gasteiger partial charge in [0.1, 0.15) is 0 Å². The topological polar surface area (TPSA) is 105 Å². The molecule has 0 aromatic heterocycles. The van der Waals surface area contributed by atoms with Gasteiger partial charge >= 0.3 is 0 Å². The van der Waals surface area contributed by atoms with Crippen molar-refractivity contribution in [3.8, 4) is 11.5 Å². The van der Waals surface area contributed by atoms with Crippen molar-refractivity contribution in [1.82, 2.24) is 4.90 Å². The minimum atomic E-state index is -0.386. The maximum atomic E-state index is 13.1. The molecule has 7 nitrogen and oxygen atoms in total. The largest absolute Gasteiger partial charge is 0.504 e. The van der Waals surface area contributed by atoms with Gasteiger partial charge in [-0.25, -0.2) is 0 Å². The highest BCUT2D eigenvalue weighted by Gasteiger charge is 2.25. The number of nitrogens with one attached hydrogen (secondary N) is 1. The number of phenols is 1. The Labute approximate surface area is 199 Å². The molecule has 34 heavy (non-hydrogen) atoms. The first-order chi connectivity index (χ1) is 16.5. The van der Waals surface area contributed by atoms with Crippen LogP contribution >= 0.6 is 0 Å². The van der Waals surface area contributed by atoms with Gasteiger partial charge in [0.25, 0.3) is 11.8 Å². The number of carbonyl (C=O) groups excluding carboxylic acids is 2. The Bertz CT molecular complexity index is 1190. The highest BCUT2D eigenvalue weighted by atomic mass is 16.5. The average Bonchev–Trinajstić information content (AvgIpc) is 2.88. The van der Waals surface area contributed by atoms with Crippen LogP contribution in [0.15, 0.2) is 66.7 Å². The summed E-state index contributed by atoms with van der Waals surface area (Å²) < 4.78 is 5.01. The molecule has 0 bridgehead atoms. The van der Waals surface area contributed by atoms with E-state index in [1.165, 1.54) is 24.8 Å². The summed E-state index contributed by atoms with van der Waals surface area (Å²) in [5.74, 6) is 0.162. The molecule has 1 aliphatic heterocycles. The van der Waals surface area contributed by atoms with Crippen LogP contribution in [0, 0.1) is 0 Å². The Morgan fingerprint density at radius 1 is 1.03 bits per heavy atom. The van der Waals surface area contributed by atoms with E-state index in [1.807, 2.05) is 17.0 Å². The van der Waals surface area contributed by atoms with Gasteiger partial charge in [-0.05, 0) is 66.3 Å². The lowest BCUT2D eigenvalue weighted by atomic mass is 9.88. The number of carbonyl (C=O) groups is 2. The van der Waals surface area contributed by atoms with Crippen LogP contribution in [-0.2, 0) is 6.54 Å². The van der Waals surface area contributed by atoms with Crippen molar-refractivity contribution in [1.29, 1.82) is 0 Å². The number of benzene rings is 3. The lowest BCUT2D eigenvalue weighted by molar-refractivity contribution is 0.0712. The minimum absolute atomic E-state index is 0.0488. The van der Waals surface area contributed by atoms with Crippen LogP contribution in [0.2, 0.25) is 0 Å². The molecule has 2 amide bonds. The number of hydrogen-bond donors (Lipinski definition) is 3. The predicted octanol–water partition coefficient (Wildman–Crippen LogP) is 4.13. The zero-order valence-electron chi connectivity index (χ0n) is 19.2. The van der Waals surface area contributed by atoms with Gasteiger partial charge in [0.05, 0.1) is 7.11 Å². The maximum Gasteiger partial charge on any atom is 0.255 e. The summed E-state index contributed by atoms with van der Waals surface area (Å²) in [5, 5.41) is 12.7. The summed E-state index contributed by atoms with van der Waals surface area (Å²) in [6.45, 7) is 1.88. The molecule has 0 unspecified atom stereocenters. The molecule has 3 aromatic carbocycles. The first-order valence-corrected chi connectivity index (χ1v) is 11.3. The summed E-state index contributed by atoms with van der Waals surface area (Å²) in [6, 6.07) is 19.7. The molecule has 0 spiro atoms. The van der Waals surface area contributed by atoms with Crippen LogP contribution in [-0.4, -0.2) is 42.0 Å². The first kappa shape index (κ1) is 23.3. The standard InChI is InChI=1S/C27H29N3O4/c1-34-25-9-8-21(16-24(25)31)26(32)29-23-7-3-6-22(15-23)27(33)30-12-10-19(11-13-30)20-5-2-4-18(14-20)17-28/h2-9,14-16,19,31H,10-13,17,28H2,1H3,(H,29,32). The molecule has 0 saturated carbocycles. The van der Waals surface area contributed by atoms with Crippen LogP contribution in [0.25, 0.3) is 0 Å². The molecule has 1 aliphatic rings. The van der Waals surface area contributed by atoms with Crippen molar-refractivity contribution in [3.05, 3.63) is 89.0 Å². The summed E-state index contributed by atoms with van der Waals surface area (Å²) in [6.07, 6.45) is 1.80. The van der Waals surface area contributed by atoms with Gasteiger partial charge in [0.15, 0.2) is 11.5 Å². The Morgan fingerprint density at radius 3 is 2.50 bits per heavy atom. The molecule has 3 aromatic rings. The van der Waals surface area contributed by atoms with Gasteiger partial charge in [-0.15, -0.1) is 0 Å². The molecular weight excluding hydrogens is 430 g/mol. The SMILES string of the molecule is COc1ccc(C(=O)Nc2cccc(C(=O)N3CCC(c4cccc(CN)c4)CC3)c2)cc1O. The number of nitrogens with two attached hydrogens (primary N) is 1. The summed E-state index contributed by atoms with van der Waals surface area (Å²) in [4.78, 5) is 27.6. The summed E-state index contributed by atoms with van der Waals surface area (Å²) in [7, 11) is 1.44. The number of amides is 2. The van der Waals surface area contributed by atoms with Crippen molar-refractivity contribution in [2.75, 3.05) is 25.5 Å². The van der Waals surface area contributed by atoms with E-state index >= 15 is 0 Å². The number of phenolic OH excluding ortho intramolecular Hbond substituents is 1. The molecule has 0 radical (unpaired) electrons. The number of ether oxygens (including phenoxy) is 1. The number of anilines is 1. The maximum absolute atomic E-state index is 13.1. The molecule has 4 rings (SSSR count). The molecule has 176 valence electrons. The van der Waals surface area contributed by atoms with Crippen molar-refractivity contribution in [2.45, 2.75) is 25.3 Å².